The topological polar surface area (TPSA) is 0 Å². The van der Waals surface area contributed by atoms with Crippen LogP contribution in [0.25, 0.3) is 0 Å². The van der Waals surface area contributed by atoms with E-state index in [9.17, 15) is 0 Å². The van der Waals surface area contributed by atoms with Gasteiger partial charge in [0, 0.05) is 0 Å². The van der Waals surface area contributed by atoms with Gasteiger partial charge in [0.05, 0.1) is 0 Å². The lowest BCUT2D eigenvalue weighted by atomic mass is 10.0. The van der Waals surface area contributed by atoms with Crippen molar-refractivity contribution in [3.8, 4) is 0 Å². The molecule has 0 saturated carbocycles. The first-order valence-electron chi connectivity index (χ1n) is 5.32. The largest absolute Gasteiger partial charge is 0.0854 e. The van der Waals surface area contributed by atoms with Gasteiger partial charge in [0.25, 0.3) is 0 Å². The summed E-state index contributed by atoms with van der Waals surface area (Å²) in [6, 6.07) is 0. The van der Waals surface area contributed by atoms with Crippen LogP contribution in [0.2, 0.25) is 0 Å². The summed E-state index contributed by atoms with van der Waals surface area (Å²) in [5.41, 5.74) is 1.58. The van der Waals surface area contributed by atoms with E-state index in [0.717, 1.165) is 5.92 Å². The zero-order valence-corrected chi connectivity index (χ0v) is 9.19. The first kappa shape index (κ1) is 11.7. The molecule has 0 heteroatoms. The van der Waals surface area contributed by atoms with Crippen LogP contribution in [0.15, 0.2) is 11.6 Å². The molecule has 0 bridgehead atoms. The molecule has 0 saturated heterocycles. The Morgan fingerprint density at radius 3 is 2.42 bits per heavy atom. The Kier molecular flexibility index (Phi) is 7.23. The highest BCUT2D eigenvalue weighted by Crippen LogP contribution is 2.11. The van der Waals surface area contributed by atoms with Crippen LogP contribution in [0, 0.1) is 5.92 Å². The Hall–Kier alpha value is -0.260. The number of rotatable bonds is 6. The molecule has 0 aromatic carbocycles. The van der Waals surface area contributed by atoms with Crippen LogP contribution < -0.4 is 0 Å². The van der Waals surface area contributed by atoms with E-state index in [1.165, 1.54) is 32.1 Å². The molecule has 0 atom stereocenters. The van der Waals surface area contributed by atoms with Gasteiger partial charge in [0.1, 0.15) is 0 Å². The van der Waals surface area contributed by atoms with E-state index in [1.54, 1.807) is 5.57 Å². The molecule has 0 aromatic rings. The van der Waals surface area contributed by atoms with Crippen molar-refractivity contribution in [3.63, 3.8) is 0 Å². The summed E-state index contributed by atoms with van der Waals surface area (Å²) in [5.74, 6) is 0.811. The molecule has 0 aliphatic carbocycles. The number of hydrogen-bond donors (Lipinski definition) is 0. The van der Waals surface area contributed by atoms with Crippen molar-refractivity contribution < 1.29 is 0 Å². The van der Waals surface area contributed by atoms with E-state index < -0.39 is 0 Å². The molecule has 0 nitrogen and oxygen atoms in total. The molecule has 0 radical (unpaired) electrons. The zero-order chi connectivity index (χ0) is 9.40. The van der Waals surface area contributed by atoms with E-state index in [4.69, 9.17) is 0 Å². The van der Waals surface area contributed by atoms with Crippen molar-refractivity contribution in [2.45, 2.75) is 59.8 Å². The molecule has 0 aliphatic rings. The number of hydrogen-bond acceptors (Lipinski definition) is 0. The second-order valence-electron chi connectivity index (χ2n) is 4.14. The maximum atomic E-state index is 2.40. The summed E-state index contributed by atoms with van der Waals surface area (Å²) >= 11 is 0. The fourth-order valence-corrected chi connectivity index (χ4v) is 1.19. The van der Waals surface area contributed by atoms with Crippen LogP contribution in [0.3, 0.4) is 0 Å². The Morgan fingerprint density at radius 2 is 1.92 bits per heavy atom. The van der Waals surface area contributed by atoms with Gasteiger partial charge >= 0.3 is 0 Å². The van der Waals surface area contributed by atoms with E-state index in [0.29, 0.717) is 0 Å². The van der Waals surface area contributed by atoms with E-state index in [2.05, 4.69) is 33.8 Å². The van der Waals surface area contributed by atoms with Crippen LogP contribution in [0.4, 0.5) is 0 Å². The van der Waals surface area contributed by atoms with Gasteiger partial charge in [0.2, 0.25) is 0 Å². The monoisotopic (exact) mass is 168 g/mol. The van der Waals surface area contributed by atoms with Crippen molar-refractivity contribution in [1.82, 2.24) is 0 Å². The first-order valence-corrected chi connectivity index (χ1v) is 5.32. The zero-order valence-electron chi connectivity index (χ0n) is 9.19. The van der Waals surface area contributed by atoms with Gasteiger partial charge < -0.3 is 0 Å². The van der Waals surface area contributed by atoms with Gasteiger partial charge in [-0.3, -0.25) is 0 Å². The van der Waals surface area contributed by atoms with Gasteiger partial charge in [-0.1, -0.05) is 45.3 Å². The summed E-state index contributed by atoms with van der Waals surface area (Å²) < 4.78 is 0. The highest BCUT2D eigenvalue weighted by atomic mass is 14.0. The molecule has 0 rings (SSSR count). The predicted molar refractivity (Wildman–Crippen MR) is 57.4 cm³/mol. The Labute approximate surface area is 78.1 Å². The lowest BCUT2D eigenvalue weighted by molar-refractivity contribution is 0.654. The highest BCUT2D eigenvalue weighted by molar-refractivity contribution is 4.97. The van der Waals surface area contributed by atoms with Crippen molar-refractivity contribution in [3.05, 3.63) is 11.6 Å². The quantitative estimate of drug-likeness (QED) is 0.403. The summed E-state index contributed by atoms with van der Waals surface area (Å²) in [4.78, 5) is 0. The third-order valence-electron chi connectivity index (χ3n) is 2.11. The number of unbranched alkanes of at least 4 members (excludes halogenated alkanes) is 2. The average Bonchev–Trinajstić information content (AvgIpc) is 2.01. The second kappa shape index (κ2) is 7.39. The fourth-order valence-electron chi connectivity index (χ4n) is 1.19. The van der Waals surface area contributed by atoms with Crippen molar-refractivity contribution in [2.75, 3.05) is 0 Å². The number of allylic oxidation sites excluding steroid dienone is 2. The third kappa shape index (κ3) is 7.84. The normalized spacial score (nSPS) is 12.6. The third-order valence-corrected chi connectivity index (χ3v) is 2.11. The summed E-state index contributed by atoms with van der Waals surface area (Å²) in [6.45, 7) is 9.07. The van der Waals surface area contributed by atoms with Crippen LogP contribution >= 0.6 is 0 Å². The summed E-state index contributed by atoms with van der Waals surface area (Å²) in [6.07, 6.45) is 9.04. The lowest BCUT2D eigenvalue weighted by Gasteiger charge is -2.02. The second-order valence-corrected chi connectivity index (χ2v) is 4.14. The minimum absolute atomic E-state index is 0.811. The minimum atomic E-state index is 0.811. The van der Waals surface area contributed by atoms with Crippen LogP contribution in [-0.4, -0.2) is 0 Å². The predicted octanol–water partition coefficient (Wildman–Crippen LogP) is 4.56. The molecule has 0 aliphatic heterocycles. The molecule has 12 heavy (non-hydrogen) atoms. The molecule has 0 spiro atoms. The molecule has 0 amide bonds. The molecule has 0 unspecified atom stereocenters. The maximum Gasteiger partial charge on any atom is -0.0323 e. The molecule has 0 fully saturated rings. The van der Waals surface area contributed by atoms with Crippen LogP contribution in [0.5, 0.6) is 0 Å². The Morgan fingerprint density at radius 1 is 1.25 bits per heavy atom. The lowest BCUT2D eigenvalue weighted by Crippen LogP contribution is -1.85. The summed E-state index contributed by atoms with van der Waals surface area (Å²) in [5, 5.41) is 0. The van der Waals surface area contributed by atoms with Crippen molar-refractivity contribution >= 4 is 0 Å². The van der Waals surface area contributed by atoms with Gasteiger partial charge in [0.15, 0.2) is 0 Å². The maximum absolute atomic E-state index is 2.40. The van der Waals surface area contributed by atoms with Crippen molar-refractivity contribution in [2.24, 2.45) is 5.92 Å². The summed E-state index contributed by atoms with van der Waals surface area (Å²) in [7, 11) is 0. The van der Waals surface area contributed by atoms with E-state index in [-0.39, 0.29) is 0 Å². The van der Waals surface area contributed by atoms with E-state index >= 15 is 0 Å². The molecular weight excluding hydrogens is 144 g/mol. The molecular formula is C12H24. The highest BCUT2D eigenvalue weighted by Gasteiger charge is 1.92. The van der Waals surface area contributed by atoms with E-state index in [1.807, 2.05) is 0 Å². The van der Waals surface area contributed by atoms with Gasteiger partial charge in [-0.25, -0.2) is 0 Å². The fraction of sp³-hybridized carbons (Fsp3) is 0.833. The molecule has 0 aromatic heterocycles. The van der Waals surface area contributed by atoms with Gasteiger partial charge in [-0.2, -0.15) is 0 Å². The SMILES string of the molecule is CCCCC/C(C)=C/CC(C)C. The molecule has 72 valence electrons. The van der Waals surface area contributed by atoms with Crippen molar-refractivity contribution in [1.29, 1.82) is 0 Å². The Bertz CT molecular complexity index is 120. The van der Waals surface area contributed by atoms with Gasteiger partial charge in [-0.15, -0.1) is 0 Å². The first-order chi connectivity index (χ1) is 5.66. The minimum Gasteiger partial charge on any atom is -0.0854 e. The average molecular weight is 168 g/mol. The Balaban J connectivity index is 3.42. The van der Waals surface area contributed by atoms with Gasteiger partial charge in [-0.05, 0) is 32.1 Å². The standard InChI is InChI=1S/C12H24/c1-5-6-7-8-12(4)10-9-11(2)3/h10-11H,5-9H2,1-4H3/b12-10+. The molecule has 0 N–H and O–H groups in total. The smallest absolute Gasteiger partial charge is 0.0323 e. The molecule has 0 heterocycles. The van der Waals surface area contributed by atoms with Crippen LogP contribution in [0.1, 0.15) is 59.8 Å². The van der Waals surface area contributed by atoms with Crippen LogP contribution in [-0.2, 0) is 0 Å².